The molecule has 0 saturated carbocycles. The molecular weight excluding hydrogens is 310 g/mol. The molecule has 7 heteroatoms. The molecule has 0 aliphatic heterocycles. The Labute approximate surface area is 142 Å². The van der Waals surface area contributed by atoms with Crippen molar-refractivity contribution in [2.24, 2.45) is 11.7 Å². The molecule has 1 aromatic rings. The summed E-state index contributed by atoms with van der Waals surface area (Å²) in [5.41, 5.74) is 5.12. The molecule has 0 aliphatic carbocycles. The van der Waals surface area contributed by atoms with Gasteiger partial charge >= 0.3 is 6.03 Å². The third kappa shape index (κ3) is 6.76. The Bertz CT molecular complexity index is 519. The average Bonchev–Trinajstić information content (AvgIpc) is 2.57. The summed E-state index contributed by atoms with van der Waals surface area (Å²) < 4.78 is 10.9. The fourth-order valence-corrected chi connectivity index (χ4v) is 2.11. The number of benzene rings is 1. The summed E-state index contributed by atoms with van der Waals surface area (Å²) in [4.78, 5) is 23.2. The SMILES string of the molecule is CCOc1ccc(OCCNC(=O)C(NC(N)=O)C(C)CC)cc1. The number of carbonyl (C=O) groups is 2. The zero-order valence-corrected chi connectivity index (χ0v) is 14.5. The highest BCUT2D eigenvalue weighted by Gasteiger charge is 2.24. The highest BCUT2D eigenvalue weighted by molar-refractivity contribution is 5.86. The first kappa shape index (κ1) is 19.6. The number of carbonyl (C=O) groups excluding carboxylic acids is 2. The number of amides is 3. The average molecular weight is 337 g/mol. The topological polar surface area (TPSA) is 103 Å². The van der Waals surface area contributed by atoms with Gasteiger partial charge in [0.1, 0.15) is 24.1 Å². The zero-order chi connectivity index (χ0) is 17.9. The first-order chi connectivity index (χ1) is 11.5. The van der Waals surface area contributed by atoms with Crippen LogP contribution in [0.4, 0.5) is 4.79 Å². The normalized spacial score (nSPS) is 12.8. The molecule has 0 fully saturated rings. The molecule has 0 radical (unpaired) electrons. The molecule has 0 aliphatic rings. The molecule has 2 atom stereocenters. The standard InChI is InChI=1S/C17H27N3O4/c1-4-12(3)15(20-17(18)22)16(21)19-10-11-24-14-8-6-13(7-9-14)23-5-2/h6-9,12,15H,4-5,10-11H2,1-3H3,(H,19,21)(H3,18,20,22). The molecule has 0 bridgehead atoms. The van der Waals surface area contributed by atoms with Crippen LogP contribution in [0.15, 0.2) is 24.3 Å². The molecule has 0 saturated heterocycles. The van der Waals surface area contributed by atoms with E-state index in [-0.39, 0.29) is 11.8 Å². The van der Waals surface area contributed by atoms with Gasteiger partial charge < -0.3 is 25.8 Å². The monoisotopic (exact) mass is 337 g/mol. The van der Waals surface area contributed by atoms with Crippen molar-refractivity contribution in [2.75, 3.05) is 19.8 Å². The Balaban J connectivity index is 2.39. The Morgan fingerprint density at radius 1 is 1.12 bits per heavy atom. The lowest BCUT2D eigenvalue weighted by atomic mass is 9.98. The van der Waals surface area contributed by atoms with Crippen LogP contribution in [0, 0.1) is 5.92 Å². The predicted octanol–water partition coefficient (Wildman–Crippen LogP) is 1.66. The number of hydrogen-bond acceptors (Lipinski definition) is 4. The van der Waals surface area contributed by atoms with Crippen LogP contribution in [0.25, 0.3) is 0 Å². The van der Waals surface area contributed by atoms with Crippen LogP contribution >= 0.6 is 0 Å². The second-order valence-corrected chi connectivity index (χ2v) is 5.42. The molecule has 24 heavy (non-hydrogen) atoms. The third-order valence-corrected chi connectivity index (χ3v) is 3.60. The summed E-state index contributed by atoms with van der Waals surface area (Å²) in [7, 11) is 0. The van der Waals surface area contributed by atoms with Crippen LogP contribution in [0.5, 0.6) is 11.5 Å². The van der Waals surface area contributed by atoms with E-state index in [0.717, 1.165) is 12.2 Å². The van der Waals surface area contributed by atoms with E-state index in [9.17, 15) is 9.59 Å². The van der Waals surface area contributed by atoms with Crippen molar-refractivity contribution in [3.05, 3.63) is 24.3 Å². The summed E-state index contributed by atoms with van der Waals surface area (Å²) in [6.07, 6.45) is 0.751. The van der Waals surface area contributed by atoms with Gasteiger partial charge in [0, 0.05) is 0 Å². The van der Waals surface area contributed by atoms with Crippen molar-refractivity contribution in [2.45, 2.75) is 33.2 Å². The molecular formula is C17H27N3O4. The Kier molecular flexibility index (Phi) is 8.46. The minimum atomic E-state index is -0.707. The fraction of sp³-hybridized carbons (Fsp3) is 0.529. The van der Waals surface area contributed by atoms with E-state index in [1.54, 1.807) is 0 Å². The lowest BCUT2D eigenvalue weighted by Gasteiger charge is -2.22. The second kappa shape index (κ2) is 10.4. The Morgan fingerprint density at radius 2 is 1.71 bits per heavy atom. The Hall–Kier alpha value is -2.44. The van der Waals surface area contributed by atoms with Crippen LogP contribution in [-0.2, 0) is 4.79 Å². The van der Waals surface area contributed by atoms with E-state index in [2.05, 4.69) is 10.6 Å². The summed E-state index contributed by atoms with van der Waals surface area (Å²) in [5, 5.41) is 5.23. The van der Waals surface area contributed by atoms with Crippen molar-refractivity contribution in [3.63, 3.8) is 0 Å². The predicted molar refractivity (Wildman–Crippen MR) is 92.1 cm³/mol. The van der Waals surface area contributed by atoms with Crippen molar-refractivity contribution >= 4 is 11.9 Å². The largest absolute Gasteiger partial charge is 0.494 e. The van der Waals surface area contributed by atoms with E-state index in [0.29, 0.717) is 25.5 Å². The summed E-state index contributed by atoms with van der Waals surface area (Å²) >= 11 is 0. The molecule has 0 spiro atoms. The minimum absolute atomic E-state index is 0.00970. The van der Waals surface area contributed by atoms with E-state index in [1.807, 2.05) is 45.0 Å². The number of urea groups is 1. The van der Waals surface area contributed by atoms with Crippen LogP contribution in [0.3, 0.4) is 0 Å². The van der Waals surface area contributed by atoms with Crippen LogP contribution in [0.2, 0.25) is 0 Å². The van der Waals surface area contributed by atoms with Gasteiger partial charge in [-0.05, 0) is 37.1 Å². The quantitative estimate of drug-likeness (QED) is 0.565. The molecule has 4 N–H and O–H groups in total. The first-order valence-electron chi connectivity index (χ1n) is 8.17. The number of ether oxygens (including phenoxy) is 2. The molecule has 0 aromatic heterocycles. The maximum atomic E-state index is 12.2. The third-order valence-electron chi connectivity index (χ3n) is 3.60. The number of rotatable bonds is 10. The van der Waals surface area contributed by atoms with Gasteiger partial charge in [0.05, 0.1) is 13.2 Å². The fourth-order valence-electron chi connectivity index (χ4n) is 2.11. The van der Waals surface area contributed by atoms with Crippen LogP contribution < -0.4 is 25.8 Å². The maximum absolute atomic E-state index is 12.2. The van der Waals surface area contributed by atoms with Crippen LogP contribution in [-0.4, -0.2) is 37.7 Å². The van der Waals surface area contributed by atoms with Gasteiger partial charge in [-0.1, -0.05) is 20.3 Å². The minimum Gasteiger partial charge on any atom is -0.494 e. The van der Waals surface area contributed by atoms with Crippen molar-refractivity contribution < 1.29 is 19.1 Å². The van der Waals surface area contributed by atoms with Crippen LogP contribution in [0.1, 0.15) is 27.2 Å². The van der Waals surface area contributed by atoms with Gasteiger partial charge in [-0.15, -0.1) is 0 Å². The van der Waals surface area contributed by atoms with E-state index < -0.39 is 12.1 Å². The second-order valence-electron chi connectivity index (χ2n) is 5.42. The van der Waals surface area contributed by atoms with Gasteiger partial charge in [-0.2, -0.15) is 0 Å². The van der Waals surface area contributed by atoms with E-state index in [1.165, 1.54) is 0 Å². The van der Waals surface area contributed by atoms with Gasteiger partial charge in [0.15, 0.2) is 0 Å². The summed E-state index contributed by atoms with van der Waals surface area (Å²) in [5.74, 6) is 1.21. The van der Waals surface area contributed by atoms with Gasteiger partial charge in [0.2, 0.25) is 5.91 Å². The molecule has 134 valence electrons. The van der Waals surface area contributed by atoms with E-state index >= 15 is 0 Å². The molecule has 1 rings (SSSR count). The van der Waals surface area contributed by atoms with Gasteiger partial charge in [-0.3, -0.25) is 4.79 Å². The van der Waals surface area contributed by atoms with Gasteiger partial charge in [-0.25, -0.2) is 4.79 Å². The summed E-state index contributed by atoms with van der Waals surface area (Å²) in [6, 6.07) is 5.92. The smallest absolute Gasteiger partial charge is 0.312 e. The molecule has 0 heterocycles. The van der Waals surface area contributed by atoms with Crippen molar-refractivity contribution in [1.82, 2.24) is 10.6 Å². The first-order valence-corrected chi connectivity index (χ1v) is 8.17. The highest BCUT2D eigenvalue weighted by Crippen LogP contribution is 2.17. The lowest BCUT2D eigenvalue weighted by Crippen LogP contribution is -2.52. The van der Waals surface area contributed by atoms with Crippen molar-refractivity contribution in [1.29, 1.82) is 0 Å². The number of nitrogens with two attached hydrogens (primary N) is 1. The van der Waals surface area contributed by atoms with E-state index in [4.69, 9.17) is 15.2 Å². The molecule has 7 nitrogen and oxygen atoms in total. The molecule has 3 amide bonds. The van der Waals surface area contributed by atoms with Crippen molar-refractivity contribution in [3.8, 4) is 11.5 Å². The highest BCUT2D eigenvalue weighted by atomic mass is 16.5. The zero-order valence-electron chi connectivity index (χ0n) is 14.5. The molecule has 2 unspecified atom stereocenters. The number of hydrogen-bond donors (Lipinski definition) is 3. The summed E-state index contributed by atoms with van der Waals surface area (Å²) in [6.45, 7) is 7.03. The van der Waals surface area contributed by atoms with Gasteiger partial charge in [0.25, 0.3) is 0 Å². The maximum Gasteiger partial charge on any atom is 0.312 e. The number of nitrogens with one attached hydrogen (secondary N) is 2. The lowest BCUT2D eigenvalue weighted by molar-refractivity contribution is -0.124. The molecule has 1 aromatic carbocycles. The number of primary amides is 1. The Morgan fingerprint density at radius 3 is 2.21 bits per heavy atom.